The topological polar surface area (TPSA) is 101 Å². The number of aromatic nitrogens is 1. The molecule has 3 atom stereocenters. The fourth-order valence-corrected chi connectivity index (χ4v) is 7.30. The zero-order chi connectivity index (χ0) is 31.1. The minimum absolute atomic E-state index is 0.0186. The molecule has 0 bridgehead atoms. The van der Waals surface area contributed by atoms with Gasteiger partial charge in [-0.15, -0.1) is 11.3 Å². The summed E-state index contributed by atoms with van der Waals surface area (Å²) < 4.78 is 11.5. The third-order valence-corrected chi connectivity index (χ3v) is 10.1. The Balaban J connectivity index is 1.33. The molecule has 10 heteroatoms. The van der Waals surface area contributed by atoms with E-state index in [1.807, 2.05) is 36.9 Å². The molecule has 9 nitrogen and oxygen atoms in total. The van der Waals surface area contributed by atoms with Gasteiger partial charge in [0.2, 0.25) is 17.7 Å². The molecule has 5 rings (SSSR count). The van der Waals surface area contributed by atoms with Gasteiger partial charge in [0.15, 0.2) is 0 Å². The predicted molar refractivity (Wildman–Crippen MR) is 172 cm³/mol. The molecule has 2 aliphatic rings. The number of carbonyl (C=O) groups is 3. The number of nitrogens with one attached hydrogen (secondary N) is 1. The average Bonchev–Trinajstić information content (AvgIpc) is 3.73. The quantitative estimate of drug-likeness (QED) is 0.284. The lowest BCUT2D eigenvalue weighted by atomic mass is 9.87. The van der Waals surface area contributed by atoms with Crippen LogP contribution in [0.3, 0.4) is 0 Å². The molecule has 1 N–H and O–H groups in total. The van der Waals surface area contributed by atoms with Crippen LogP contribution in [-0.4, -0.2) is 85.1 Å². The predicted octanol–water partition coefficient (Wildman–Crippen LogP) is 5.06. The maximum absolute atomic E-state index is 14.4. The molecule has 2 saturated heterocycles. The van der Waals surface area contributed by atoms with Crippen molar-refractivity contribution in [3.8, 4) is 11.1 Å². The number of likely N-dealkylation sites (tertiary alicyclic amines) is 2. The molecule has 0 spiro atoms. The number of thiazole rings is 1. The van der Waals surface area contributed by atoms with Gasteiger partial charge >= 0.3 is 0 Å². The molecule has 2 aliphatic heterocycles. The van der Waals surface area contributed by atoms with E-state index in [0.717, 1.165) is 39.2 Å². The van der Waals surface area contributed by atoms with Crippen LogP contribution in [0.5, 0.6) is 0 Å². The number of hydrogen-bond acceptors (Lipinski definition) is 7. The van der Waals surface area contributed by atoms with Crippen LogP contribution in [0.25, 0.3) is 21.3 Å². The maximum atomic E-state index is 14.4. The number of rotatable bonds is 12. The molecule has 0 radical (unpaired) electrons. The van der Waals surface area contributed by atoms with Crippen LogP contribution in [0.4, 0.5) is 0 Å². The summed E-state index contributed by atoms with van der Waals surface area (Å²) in [5.41, 5.74) is 3.17. The number of para-hydroxylation sites is 1. The number of nitrogens with zero attached hydrogens (tertiary/aromatic N) is 3. The van der Waals surface area contributed by atoms with Crippen molar-refractivity contribution in [2.75, 3.05) is 46.6 Å². The number of benzene rings is 2. The van der Waals surface area contributed by atoms with Gasteiger partial charge in [0.05, 0.1) is 29.5 Å². The number of ether oxygens (including phenoxy) is 2. The van der Waals surface area contributed by atoms with E-state index in [9.17, 15) is 14.4 Å². The van der Waals surface area contributed by atoms with Gasteiger partial charge in [-0.25, -0.2) is 4.98 Å². The molecule has 3 amide bonds. The molecule has 2 aromatic carbocycles. The molecule has 0 unspecified atom stereocenters. The molecular weight excluding hydrogens is 576 g/mol. The van der Waals surface area contributed by atoms with Crippen LogP contribution in [0.2, 0.25) is 0 Å². The minimum Gasteiger partial charge on any atom is -0.382 e. The molecule has 44 heavy (non-hydrogen) atoms. The molecule has 0 aliphatic carbocycles. The lowest BCUT2D eigenvalue weighted by Crippen LogP contribution is -2.55. The highest BCUT2D eigenvalue weighted by Gasteiger charge is 2.41. The second kappa shape index (κ2) is 15.1. The summed E-state index contributed by atoms with van der Waals surface area (Å²) in [6.07, 6.45) is 3.71. The van der Waals surface area contributed by atoms with Gasteiger partial charge in [-0.05, 0) is 49.7 Å². The van der Waals surface area contributed by atoms with Crippen LogP contribution >= 0.6 is 11.3 Å². The second-order valence-electron chi connectivity index (χ2n) is 11.8. The van der Waals surface area contributed by atoms with E-state index in [1.165, 1.54) is 0 Å². The monoisotopic (exact) mass is 620 g/mol. The van der Waals surface area contributed by atoms with Gasteiger partial charge in [0.25, 0.3) is 0 Å². The van der Waals surface area contributed by atoms with E-state index < -0.39 is 6.04 Å². The van der Waals surface area contributed by atoms with Crippen molar-refractivity contribution in [2.45, 2.75) is 58.0 Å². The summed E-state index contributed by atoms with van der Waals surface area (Å²) >= 11 is 1.65. The van der Waals surface area contributed by atoms with E-state index in [2.05, 4.69) is 35.6 Å². The summed E-state index contributed by atoms with van der Waals surface area (Å²) in [6.45, 7) is 6.40. The Morgan fingerprint density at radius 3 is 2.52 bits per heavy atom. The second-order valence-corrected chi connectivity index (χ2v) is 12.9. The first kappa shape index (κ1) is 32.1. The summed E-state index contributed by atoms with van der Waals surface area (Å²) in [6, 6.07) is 15.8. The van der Waals surface area contributed by atoms with E-state index >= 15 is 0 Å². The maximum Gasteiger partial charge on any atom is 0.248 e. The summed E-state index contributed by atoms with van der Waals surface area (Å²) in [5, 5.41) is 4.09. The Bertz CT molecular complexity index is 1420. The van der Waals surface area contributed by atoms with E-state index in [1.54, 1.807) is 23.3 Å². The Hall–Kier alpha value is -3.34. The highest BCUT2D eigenvalue weighted by Crippen LogP contribution is 2.40. The van der Waals surface area contributed by atoms with Gasteiger partial charge in [-0.1, -0.05) is 56.3 Å². The third kappa shape index (κ3) is 7.30. The molecule has 3 aromatic rings. The van der Waals surface area contributed by atoms with Crippen molar-refractivity contribution < 1.29 is 23.9 Å². The van der Waals surface area contributed by atoms with Gasteiger partial charge in [-0.2, -0.15) is 0 Å². The largest absolute Gasteiger partial charge is 0.382 e. The number of amides is 3. The van der Waals surface area contributed by atoms with E-state index in [-0.39, 0.29) is 42.2 Å². The fraction of sp³-hybridized carbons (Fsp3) is 0.529. The van der Waals surface area contributed by atoms with Gasteiger partial charge in [-0.3, -0.25) is 14.4 Å². The highest BCUT2D eigenvalue weighted by molar-refractivity contribution is 7.18. The van der Waals surface area contributed by atoms with E-state index in [0.29, 0.717) is 52.1 Å². The normalized spacial score (nSPS) is 18.8. The smallest absolute Gasteiger partial charge is 0.248 e. The minimum atomic E-state index is -0.637. The molecular formula is C34H44N4O5S. The summed E-state index contributed by atoms with van der Waals surface area (Å²) in [7, 11) is 1.60. The van der Waals surface area contributed by atoms with Crippen LogP contribution in [0, 0.1) is 11.8 Å². The van der Waals surface area contributed by atoms with Crippen LogP contribution in [0.15, 0.2) is 48.5 Å². The Morgan fingerprint density at radius 2 is 1.80 bits per heavy atom. The number of methoxy groups -OCH3 is 1. The van der Waals surface area contributed by atoms with Crippen molar-refractivity contribution in [1.82, 2.24) is 20.1 Å². The lowest BCUT2D eigenvalue weighted by molar-refractivity contribution is -0.142. The first-order valence-electron chi connectivity index (χ1n) is 15.8. The zero-order valence-corrected chi connectivity index (χ0v) is 26.8. The summed E-state index contributed by atoms with van der Waals surface area (Å²) in [5.74, 6) is -0.448. The third-order valence-electron chi connectivity index (χ3n) is 8.99. The first-order valence-corrected chi connectivity index (χ1v) is 16.6. The molecule has 1 aromatic heterocycles. The number of fused-ring (bicyclic) bond motifs is 1. The van der Waals surface area contributed by atoms with E-state index in [4.69, 9.17) is 14.5 Å². The van der Waals surface area contributed by atoms with Gasteiger partial charge < -0.3 is 24.6 Å². The van der Waals surface area contributed by atoms with Crippen molar-refractivity contribution in [3.05, 3.63) is 53.5 Å². The molecule has 3 heterocycles. The number of piperidine rings is 1. The van der Waals surface area contributed by atoms with Crippen molar-refractivity contribution >= 4 is 39.3 Å². The van der Waals surface area contributed by atoms with Crippen molar-refractivity contribution in [1.29, 1.82) is 0 Å². The average molecular weight is 621 g/mol. The number of hydrogen-bond donors (Lipinski definition) is 1. The number of carbonyl (C=O) groups excluding carboxylic acids is 3. The zero-order valence-electron chi connectivity index (χ0n) is 26.0. The van der Waals surface area contributed by atoms with Crippen molar-refractivity contribution in [3.63, 3.8) is 0 Å². The molecule has 236 valence electrons. The van der Waals surface area contributed by atoms with Crippen LogP contribution in [0.1, 0.15) is 57.0 Å². The standard InChI is InChI=1S/C34H44N4O5S/c1-4-23(2)32(40)35-30(25-15-18-37(19-16-25)29(39)22-43-21-20-42-3)34(41)38-17-9-13-27(38)33-36-31-26(12-8-14-28(31)44-33)24-10-6-5-7-11-24/h5-8,10-12,14,23,25,27,30H,4,9,13,15-22H2,1-3H3,(H,35,40)/t23-,27+,30+/m1/s1. The Morgan fingerprint density at radius 1 is 1.02 bits per heavy atom. The highest BCUT2D eigenvalue weighted by atomic mass is 32.1. The molecule has 2 fully saturated rings. The van der Waals surface area contributed by atoms with Crippen LogP contribution in [-0.2, 0) is 23.9 Å². The Kier molecular flexibility index (Phi) is 11.0. The van der Waals surface area contributed by atoms with Gasteiger partial charge in [0, 0.05) is 38.2 Å². The van der Waals surface area contributed by atoms with Crippen LogP contribution < -0.4 is 5.32 Å². The molecule has 0 saturated carbocycles. The Labute approximate surface area is 263 Å². The first-order chi connectivity index (χ1) is 21.4. The SMILES string of the molecule is CC[C@@H](C)C(=O)N[C@H](C(=O)N1CCC[C@H]1c1nc2c(-c3ccccc3)cccc2s1)C1CCN(C(=O)COCCOC)CC1. The lowest BCUT2D eigenvalue weighted by Gasteiger charge is -2.38. The van der Waals surface area contributed by atoms with Gasteiger partial charge in [0.1, 0.15) is 17.7 Å². The summed E-state index contributed by atoms with van der Waals surface area (Å²) in [4.78, 5) is 49.1. The fourth-order valence-electron chi connectivity index (χ4n) is 6.16. The van der Waals surface area contributed by atoms with Crippen molar-refractivity contribution in [2.24, 2.45) is 11.8 Å².